The summed E-state index contributed by atoms with van der Waals surface area (Å²) >= 11 is 0. The van der Waals surface area contributed by atoms with Crippen molar-refractivity contribution >= 4 is 11.9 Å². The largest absolute Gasteiger partial charge is 0.481 e. The number of benzene rings is 1. The van der Waals surface area contributed by atoms with E-state index in [4.69, 9.17) is 9.90 Å². The Balaban J connectivity index is 0.000000567. The van der Waals surface area contributed by atoms with Gasteiger partial charge in [0.1, 0.15) is 0 Å². The summed E-state index contributed by atoms with van der Waals surface area (Å²) in [7, 11) is 0. The van der Waals surface area contributed by atoms with E-state index in [2.05, 4.69) is 50.5 Å². The number of hydrogen-bond donors (Lipinski definition) is 3. The molecule has 3 aromatic rings. The Kier molecular flexibility index (Phi) is 6.66. The van der Waals surface area contributed by atoms with Crippen LogP contribution in [0.25, 0.3) is 22.5 Å². The van der Waals surface area contributed by atoms with Crippen LogP contribution in [0.1, 0.15) is 41.4 Å². The van der Waals surface area contributed by atoms with Crippen LogP contribution in [0.5, 0.6) is 0 Å². The molecule has 32 heavy (non-hydrogen) atoms. The Bertz CT molecular complexity index is 1110. The van der Waals surface area contributed by atoms with Crippen LogP contribution >= 0.6 is 0 Å². The Morgan fingerprint density at radius 3 is 2.66 bits per heavy atom. The molecule has 3 N–H and O–H groups in total. The van der Waals surface area contributed by atoms with Crippen LogP contribution < -0.4 is 5.32 Å². The molecule has 1 aromatic carbocycles. The average molecular weight is 433 g/mol. The molecule has 0 aliphatic carbocycles. The number of H-pyrrole nitrogens is 1. The predicted octanol–water partition coefficient (Wildman–Crippen LogP) is 3.72. The summed E-state index contributed by atoms with van der Waals surface area (Å²) in [5.74, 6) is -0.826. The van der Waals surface area contributed by atoms with Crippen molar-refractivity contribution in [2.24, 2.45) is 0 Å². The molecule has 1 saturated heterocycles. The second-order valence-corrected chi connectivity index (χ2v) is 8.21. The highest BCUT2D eigenvalue weighted by atomic mass is 16.4. The van der Waals surface area contributed by atoms with Crippen molar-refractivity contribution in [2.45, 2.75) is 32.7 Å². The van der Waals surface area contributed by atoms with Crippen molar-refractivity contribution in [3.05, 3.63) is 65.5 Å². The molecule has 7 heteroatoms. The highest BCUT2D eigenvalue weighted by Crippen LogP contribution is 2.27. The number of aliphatic carboxylic acids is 1. The number of carbonyl (C=O) groups excluding carboxylic acids is 1. The van der Waals surface area contributed by atoms with Crippen molar-refractivity contribution in [3.63, 3.8) is 0 Å². The van der Waals surface area contributed by atoms with Gasteiger partial charge in [-0.25, -0.2) is 0 Å². The molecule has 4 heterocycles. The fourth-order valence-corrected chi connectivity index (χ4v) is 4.23. The maximum atomic E-state index is 12.1. The minimum atomic E-state index is -0.833. The lowest BCUT2D eigenvalue weighted by Gasteiger charge is -2.15. The molecule has 7 nitrogen and oxygen atoms in total. The number of nitrogens with zero attached hydrogens (tertiary/aromatic N) is 2. The Morgan fingerprint density at radius 2 is 1.91 bits per heavy atom. The standard InChI is InChI=1S/C23H24N4O.C2H4O2/c28-23-19-14-22(26-20(19)7-9-25-23)18-6-8-24-21(13-18)17-5-3-4-16(12-17)15-27-10-1-2-11-27;1-2(3)4/h3-6,8,12-14,26H,1-2,7,9-11,15H2,(H,25,28);1H3,(H,3,4). The normalized spacial score (nSPS) is 15.5. The molecule has 166 valence electrons. The number of carboxylic acids is 1. The molecule has 0 atom stereocenters. The van der Waals surface area contributed by atoms with Gasteiger partial charge in [0.25, 0.3) is 11.9 Å². The van der Waals surface area contributed by atoms with E-state index in [1.54, 1.807) is 0 Å². The summed E-state index contributed by atoms with van der Waals surface area (Å²) in [5.41, 5.74) is 7.22. The Labute approximate surface area is 187 Å². The van der Waals surface area contributed by atoms with Gasteiger partial charge in [0.15, 0.2) is 0 Å². The molecule has 1 fully saturated rings. The van der Waals surface area contributed by atoms with Crippen LogP contribution in [0, 0.1) is 0 Å². The van der Waals surface area contributed by atoms with Crippen LogP contribution in [0.4, 0.5) is 0 Å². The molecular weight excluding hydrogens is 404 g/mol. The summed E-state index contributed by atoms with van der Waals surface area (Å²) in [4.78, 5) is 31.6. The van der Waals surface area contributed by atoms with E-state index in [1.807, 2.05) is 18.3 Å². The fraction of sp³-hybridized carbons (Fsp3) is 0.320. The van der Waals surface area contributed by atoms with E-state index in [-0.39, 0.29) is 5.91 Å². The highest BCUT2D eigenvalue weighted by Gasteiger charge is 2.20. The summed E-state index contributed by atoms with van der Waals surface area (Å²) in [5, 5.41) is 10.3. The highest BCUT2D eigenvalue weighted by molar-refractivity contribution is 5.97. The second-order valence-electron chi connectivity index (χ2n) is 8.21. The summed E-state index contributed by atoms with van der Waals surface area (Å²) in [6.45, 7) is 5.18. The number of nitrogens with one attached hydrogen (secondary N) is 2. The topological polar surface area (TPSA) is 98.3 Å². The lowest BCUT2D eigenvalue weighted by molar-refractivity contribution is -0.134. The van der Waals surface area contributed by atoms with E-state index < -0.39 is 5.97 Å². The third-order valence-corrected chi connectivity index (χ3v) is 5.70. The van der Waals surface area contributed by atoms with Gasteiger partial charge in [0.05, 0.1) is 11.3 Å². The molecule has 5 rings (SSSR count). The minimum absolute atomic E-state index is 0.00708. The number of aromatic amines is 1. The van der Waals surface area contributed by atoms with E-state index in [1.165, 1.54) is 31.5 Å². The first-order chi connectivity index (χ1) is 15.5. The minimum Gasteiger partial charge on any atom is -0.481 e. The van der Waals surface area contributed by atoms with Crippen LogP contribution in [-0.2, 0) is 17.8 Å². The smallest absolute Gasteiger partial charge is 0.300 e. The molecule has 0 saturated carbocycles. The monoisotopic (exact) mass is 432 g/mol. The number of likely N-dealkylation sites (tertiary alicyclic amines) is 1. The lowest BCUT2D eigenvalue weighted by atomic mass is 10.0. The number of carbonyl (C=O) groups is 2. The third-order valence-electron chi connectivity index (χ3n) is 5.70. The van der Waals surface area contributed by atoms with Gasteiger partial charge in [-0.2, -0.15) is 0 Å². The lowest BCUT2D eigenvalue weighted by Crippen LogP contribution is -2.31. The van der Waals surface area contributed by atoms with Crippen molar-refractivity contribution < 1.29 is 14.7 Å². The first-order valence-corrected chi connectivity index (χ1v) is 11.0. The molecule has 1 amide bonds. The van der Waals surface area contributed by atoms with Crippen LogP contribution in [-0.4, -0.2) is 51.5 Å². The van der Waals surface area contributed by atoms with Crippen LogP contribution in [0.3, 0.4) is 0 Å². The van der Waals surface area contributed by atoms with E-state index in [0.717, 1.165) is 53.7 Å². The van der Waals surface area contributed by atoms with Gasteiger partial charge in [-0.05, 0) is 55.8 Å². The van der Waals surface area contributed by atoms with Crippen molar-refractivity contribution in [2.75, 3.05) is 19.6 Å². The van der Waals surface area contributed by atoms with E-state index in [9.17, 15) is 4.79 Å². The molecule has 2 aliphatic heterocycles. The number of pyridine rings is 1. The van der Waals surface area contributed by atoms with Gasteiger partial charge in [0, 0.05) is 55.1 Å². The third kappa shape index (κ3) is 5.23. The number of carboxylic acid groups (broad SMARTS) is 1. The van der Waals surface area contributed by atoms with Gasteiger partial charge in [-0.3, -0.25) is 19.5 Å². The molecule has 0 spiro atoms. The van der Waals surface area contributed by atoms with Gasteiger partial charge in [0.2, 0.25) is 0 Å². The number of fused-ring (bicyclic) bond motifs is 1. The fourth-order valence-electron chi connectivity index (χ4n) is 4.23. The van der Waals surface area contributed by atoms with Crippen molar-refractivity contribution in [3.8, 4) is 22.5 Å². The van der Waals surface area contributed by atoms with E-state index >= 15 is 0 Å². The maximum Gasteiger partial charge on any atom is 0.300 e. The quantitative estimate of drug-likeness (QED) is 0.584. The van der Waals surface area contributed by atoms with Crippen LogP contribution in [0.2, 0.25) is 0 Å². The van der Waals surface area contributed by atoms with Crippen molar-refractivity contribution in [1.82, 2.24) is 20.2 Å². The summed E-state index contributed by atoms with van der Waals surface area (Å²) < 4.78 is 0. The number of amides is 1. The van der Waals surface area contributed by atoms with Crippen molar-refractivity contribution in [1.29, 1.82) is 0 Å². The molecule has 2 aromatic heterocycles. The number of rotatable bonds is 4. The zero-order valence-corrected chi connectivity index (χ0v) is 18.2. The van der Waals surface area contributed by atoms with E-state index in [0.29, 0.717) is 6.54 Å². The number of aromatic nitrogens is 2. The first-order valence-electron chi connectivity index (χ1n) is 11.0. The first kappa shape index (κ1) is 21.8. The van der Waals surface area contributed by atoms with Gasteiger partial charge in [-0.15, -0.1) is 0 Å². The Morgan fingerprint density at radius 1 is 1.12 bits per heavy atom. The molecular formula is C25H28N4O3. The average Bonchev–Trinajstić information content (AvgIpc) is 3.44. The number of hydrogen-bond acceptors (Lipinski definition) is 4. The summed E-state index contributed by atoms with van der Waals surface area (Å²) in [6, 6.07) is 14.7. The van der Waals surface area contributed by atoms with Crippen LogP contribution in [0.15, 0.2) is 48.7 Å². The van der Waals surface area contributed by atoms with Gasteiger partial charge in [-0.1, -0.05) is 18.2 Å². The SMILES string of the molecule is CC(=O)O.O=C1NCCc2[nH]c(-c3ccnc(-c4cccc(CN5CCCC5)c4)c3)cc21. The zero-order chi connectivity index (χ0) is 22.5. The van der Waals surface area contributed by atoms with Gasteiger partial charge < -0.3 is 15.4 Å². The Hall–Kier alpha value is -3.45. The molecule has 0 unspecified atom stereocenters. The van der Waals surface area contributed by atoms with Gasteiger partial charge >= 0.3 is 0 Å². The zero-order valence-electron chi connectivity index (χ0n) is 18.2. The summed E-state index contributed by atoms with van der Waals surface area (Å²) in [6.07, 6.45) is 5.30. The molecule has 0 bridgehead atoms. The second kappa shape index (κ2) is 9.78. The maximum absolute atomic E-state index is 12.1. The molecule has 2 aliphatic rings. The predicted molar refractivity (Wildman–Crippen MR) is 123 cm³/mol. The molecule has 0 radical (unpaired) electrons.